The molecule has 2 amide bonds. The highest BCUT2D eigenvalue weighted by Crippen LogP contribution is 2.32. The Morgan fingerprint density at radius 2 is 1.72 bits per heavy atom. The number of anilines is 1. The monoisotopic (exact) mass is 346 g/mol. The van der Waals surface area contributed by atoms with Gasteiger partial charge in [0.2, 0.25) is 11.8 Å². The van der Waals surface area contributed by atoms with E-state index < -0.39 is 0 Å². The highest BCUT2D eigenvalue weighted by molar-refractivity contribution is 5.94. The number of morpholine rings is 1. The number of hydrogen-bond acceptors (Lipinski definition) is 4. The van der Waals surface area contributed by atoms with Crippen molar-refractivity contribution in [1.29, 1.82) is 0 Å². The Hall–Kier alpha value is -2.08. The minimum absolute atomic E-state index is 0.0155. The summed E-state index contributed by atoms with van der Waals surface area (Å²) in [5.41, 5.74) is 0.696. The molecule has 0 unspecified atom stereocenters. The molecule has 1 aromatic carbocycles. The zero-order valence-electron chi connectivity index (χ0n) is 14.7. The summed E-state index contributed by atoms with van der Waals surface area (Å²) < 4.78 is 10.6. The van der Waals surface area contributed by atoms with Crippen molar-refractivity contribution >= 4 is 17.5 Å². The number of nitrogens with zero attached hydrogens (tertiary/aromatic N) is 1. The Bertz CT molecular complexity index is 605. The van der Waals surface area contributed by atoms with Gasteiger partial charge in [0.1, 0.15) is 5.75 Å². The second kappa shape index (κ2) is 8.34. The molecular formula is C19H26N2O4. The van der Waals surface area contributed by atoms with Crippen LogP contribution < -0.4 is 10.1 Å². The number of hydrogen-bond donors (Lipinski definition) is 1. The van der Waals surface area contributed by atoms with Crippen LogP contribution in [0.15, 0.2) is 24.3 Å². The molecule has 1 aliphatic carbocycles. The van der Waals surface area contributed by atoms with Gasteiger partial charge in [-0.15, -0.1) is 0 Å². The number of rotatable bonds is 4. The summed E-state index contributed by atoms with van der Waals surface area (Å²) in [5, 5.41) is 2.96. The van der Waals surface area contributed by atoms with Crippen molar-refractivity contribution < 1.29 is 19.1 Å². The summed E-state index contributed by atoms with van der Waals surface area (Å²) in [5.74, 6) is 0.910. The van der Waals surface area contributed by atoms with Gasteiger partial charge in [0, 0.05) is 24.9 Å². The van der Waals surface area contributed by atoms with Crippen molar-refractivity contribution in [1.82, 2.24) is 4.90 Å². The lowest BCUT2D eigenvalue weighted by Crippen LogP contribution is -2.44. The third-order valence-electron chi connectivity index (χ3n) is 5.13. The standard InChI is InChI=1S/C19H26N2O4/c1-24-17-5-3-2-4-16(17)20-18(22)14-6-8-15(9-7-14)19(23)21-10-12-25-13-11-21/h2-5,14-15H,6-13H2,1H3,(H,20,22). The lowest BCUT2D eigenvalue weighted by molar-refractivity contribution is -0.141. The summed E-state index contributed by atoms with van der Waals surface area (Å²) in [7, 11) is 1.59. The maximum absolute atomic E-state index is 12.6. The number of benzene rings is 1. The average Bonchev–Trinajstić information content (AvgIpc) is 2.68. The molecule has 1 heterocycles. The second-order valence-electron chi connectivity index (χ2n) is 6.68. The van der Waals surface area contributed by atoms with Gasteiger partial charge in [-0.05, 0) is 37.8 Å². The normalized spacial score (nSPS) is 23.8. The zero-order chi connectivity index (χ0) is 17.6. The molecule has 1 saturated carbocycles. The van der Waals surface area contributed by atoms with Crippen molar-refractivity contribution in [2.24, 2.45) is 11.8 Å². The van der Waals surface area contributed by atoms with Gasteiger partial charge in [0.05, 0.1) is 26.0 Å². The molecule has 0 atom stereocenters. The lowest BCUT2D eigenvalue weighted by atomic mass is 9.81. The minimum atomic E-state index is -0.0429. The Morgan fingerprint density at radius 3 is 2.40 bits per heavy atom. The molecule has 0 spiro atoms. The van der Waals surface area contributed by atoms with E-state index in [0.29, 0.717) is 37.7 Å². The minimum Gasteiger partial charge on any atom is -0.495 e. The first-order chi connectivity index (χ1) is 12.2. The van der Waals surface area contributed by atoms with Crippen LogP contribution >= 0.6 is 0 Å². The fourth-order valence-corrected chi connectivity index (χ4v) is 3.63. The molecule has 1 aliphatic heterocycles. The number of methoxy groups -OCH3 is 1. The smallest absolute Gasteiger partial charge is 0.227 e. The van der Waals surface area contributed by atoms with E-state index in [1.807, 2.05) is 29.2 Å². The molecule has 0 bridgehead atoms. The van der Waals surface area contributed by atoms with Gasteiger partial charge in [0.15, 0.2) is 0 Å². The zero-order valence-corrected chi connectivity index (χ0v) is 14.7. The first-order valence-corrected chi connectivity index (χ1v) is 8.99. The highest BCUT2D eigenvalue weighted by atomic mass is 16.5. The lowest BCUT2D eigenvalue weighted by Gasteiger charge is -2.33. The van der Waals surface area contributed by atoms with E-state index in [-0.39, 0.29) is 23.7 Å². The molecule has 6 heteroatoms. The van der Waals surface area contributed by atoms with Crippen LogP contribution in [0.1, 0.15) is 25.7 Å². The third-order valence-corrected chi connectivity index (χ3v) is 5.13. The van der Waals surface area contributed by atoms with Crippen LogP contribution in [0.3, 0.4) is 0 Å². The predicted molar refractivity (Wildman–Crippen MR) is 94.5 cm³/mol. The summed E-state index contributed by atoms with van der Waals surface area (Å²) in [6.07, 6.45) is 3.06. The molecule has 3 rings (SSSR count). The van der Waals surface area contributed by atoms with Gasteiger partial charge in [-0.3, -0.25) is 9.59 Å². The van der Waals surface area contributed by atoms with Crippen LogP contribution in [0, 0.1) is 11.8 Å². The fourth-order valence-electron chi connectivity index (χ4n) is 3.63. The molecule has 136 valence electrons. The number of para-hydroxylation sites is 2. The highest BCUT2D eigenvalue weighted by Gasteiger charge is 2.32. The van der Waals surface area contributed by atoms with Crippen LogP contribution in [0.25, 0.3) is 0 Å². The van der Waals surface area contributed by atoms with Gasteiger partial charge in [-0.25, -0.2) is 0 Å². The van der Waals surface area contributed by atoms with Crippen LogP contribution in [0.2, 0.25) is 0 Å². The number of ether oxygens (including phenoxy) is 2. The van der Waals surface area contributed by atoms with Crippen molar-refractivity contribution in [3.05, 3.63) is 24.3 Å². The predicted octanol–water partition coefficient (Wildman–Crippen LogP) is 2.30. The Labute approximate surface area is 148 Å². The van der Waals surface area contributed by atoms with Crippen LogP contribution in [-0.2, 0) is 14.3 Å². The summed E-state index contributed by atoms with van der Waals surface area (Å²) in [6.45, 7) is 2.63. The quantitative estimate of drug-likeness (QED) is 0.908. The van der Waals surface area contributed by atoms with Gasteiger partial charge in [0.25, 0.3) is 0 Å². The Kier molecular flexibility index (Phi) is 5.91. The number of amides is 2. The van der Waals surface area contributed by atoms with Gasteiger partial charge in [-0.1, -0.05) is 12.1 Å². The van der Waals surface area contributed by atoms with Crippen LogP contribution in [0.5, 0.6) is 5.75 Å². The van der Waals surface area contributed by atoms with Crippen molar-refractivity contribution in [3.63, 3.8) is 0 Å². The molecule has 1 aromatic rings. The molecule has 1 saturated heterocycles. The molecule has 25 heavy (non-hydrogen) atoms. The van der Waals surface area contributed by atoms with Gasteiger partial charge in [-0.2, -0.15) is 0 Å². The van der Waals surface area contributed by atoms with E-state index in [9.17, 15) is 9.59 Å². The third kappa shape index (κ3) is 4.31. The number of carbonyl (C=O) groups is 2. The first-order valence-electron chi connectivity index (χ1n) is 8.99. The summed E-state index contributed by atoms with van der Waals surface area (Å²) in [6, 6.07) is 7.41. The largest absolute Gasteiger partial charge is 0.495 e. The van der Waals surface area contributed by atoms with E-state index in [4.69, 9.17) is 9.47 Å². The molecule has 1 N–H and O–H groups in total. The molecule has 0 radical (unpaired) electrons. The van der Waals surface area contributed by atoms with Gasteiger partial charge >= 0.3 is 0 Å². The molecule has 0 aromatic heterocycles. The van der Waals surface area contributed by atoms with E-state index in [2.05, 4.69) is 5.32 Å². The van der Waals surface area contributed by atoms with Crippen molar-refractivity contribution in [2.75, 3.05) is 38.7 Å². The molecule has 2 aliphatic rings. The number of carbonyl (C=O) groups excluding carboxylic acids is 2. The second-order valence-corrected chi connectivity index (χ2v) is 6.68. The molecule has 6 nitrogen and oxygen atoms in total. The van der Waals surface area contributed by atoms with E-state index in [1.54, 1.807) is 7.11 Å². The van der Waals surface area contributed by atoms with Gasteiger partial charge < -0.3 is 19.7 Å². The SMILES string of the molecule is COc1ccccc1NC(=O)C1CCC(C(=O)N2CCOCC2)CC1. The molecule has 2 fully saturated rings. The van der Waals surface area contributed by atoms with E-state index in [0.717, 1.165) is 25.7 Å². The fraction of sp³-hybridized carbons (Fsp3) is 0.579. The topological polar surface area (TPSA) is 67.9 Å². The van der Waals surface area contributed by atoms with Crippen LogP contribution in [0.4, 0.5) is 5.69 Å². The summed E-state index contributed by atoms with van der Waals surface area (Å²) in [4.78, 5) is 27.0. The summed E-state index contributed by atoms with van der Waals surface area (Å²) >= 11 is 0. The number of nitrogens with one attached hydrogen (secondary N) is 1. The Morgan fingerprint density at radius 1 is 1.08 bits per heavy atom. The molecular weight excluding hydrogens is 320 g/mol. The van der Waals surface area contributed by atoms with Crippen molar-refractivity contribution in [2.45, 2.75) is 25.7 Å². The van der Waals surface area contributed by atoms with Crippen molar-refractivity contribution in [3.8, 4) is 5.75 Å². The maximum atomic E-state index is 12.6. The maximum Gasteiger partial charge on any atom is 0.227 e. The van der Waals surface area contributed by atoms with E-state index >= 15 is 0 Å². The Balaban J connectivity index is 1.51. The average molecular weight is 346 g/mol. The van der Waals surface area contributed by atoms with E-state index in [1.165, 1.54) is 0 Å². The van der Waals surface area contributed by atoms with Crippen LogP contribution in [-0.4, -0.2) is 50.1 Å². The first kappa shape index (κ1) is 17.7.